The van der Waals surface area contributed by atoms with Crippen LogP contribution in [0.4, 0.5) is 0 Å². The molecule has 0 aromatic heterocycles. The fourth-order valence-corrected chi connectivity index (χ4v) is 2.86. The van der Waals surface area contributed by atoms with E-state index in [9.17, 15) is 4.79 Å². The van der Waals surface area contributed by atoms with Crippen molar-refractivity contribution in [1.29, 1.82) is 0 Å². The highest BCUT2D eigenvalue weighted by atomic mass is 32.2. The first-order chi connectivity index (χ1) is 10.4. The Hall–Kier alpha value is -1.36. The van der Waals surface area contributed by atoms with Crippen molar-refractivity contribution < 1.29 is 19.0 Å². The lowest BCUT2D eigenvalue weighted by atomic mass is 10.2. The molecule has 1 aromatic carbocycles. The van der Waals surface area contributed by atoms with E-state index in [0.717, 1.165) is 35.0 Å². The lowest BCUT2D eigenvalue weighted by molar-refractivity contribution is -0.140. The molecule has 1 aromatic rings. The van der Waals surface area contributed by atoms with Crippen LogP contribution in [0.25, 0.3) is 0 Å². The van der Waals surface area contributed by atoms with E-state index in [1.165, 1.54) is 7.11 Å². The summed E-state index contributed by atoms with van der Waals surface area (Å²) in [6.07, 6.45) is 2.28. The minimum atomic E-state index is -0.229. The lowest BCUT2D eigenvalue weighted by Crippen LogP contribution is -2.22. The monoisotopic (exact) mass is 326 g/mol. The molecule has 0 saturated carbocycles. The second kappa shape index (κ2) is 8.93. The molecule has 0 fully saturated rings. The number of thioether (sulfide) groups is 1. The first-order valence-electron chi connectivity index (χ1n) is 7.42. The summed E-state index contributed by atoms with van der Waals surface area (Å²) in [6.45, 7) is 6.05. The molecule has 0 atom stereocenters. The first-order valence-corrected chi connectivity index (χ1v) is 8.41. The Morgan fingerprint density at radius 1 is 1.18 bits per heavy atom. The van der Waals surface area contributed by atoms with Crippen LogP contribution >= 0.6 is 11.8 Å². The van der Waals surface area contributed by atoms with Crippen molar-refractivity contribution >= 4 is 17.7 Å². The molecule has 0 aliphatic rings. The van der Waals surface area contributed by atoms with Crippen molar-refractivity contribution in [3.8, 4) is 11.5 Å². The van der Waals surface area contributed by atoms with Gasteiger partial charge in [-0.3, -0.25) is 4.79 Å². The molecule has 4 nitrogen and oxygen atoms in total. The largest absolute Gasteiger partial charge is 0.495 e. The molecule has 124 valence electrons. The topological polar surface area (TPSA) is 44.8 Å². The predicted molar refractivity (Wildman–Crippen MR) is 90.0 cm³/mol. The standard InChI is InChI=1S/C17H26O4S/c1-17(2,3)21-13-9-10-15(14(12-13)19-4)22-11-7-6-8-16(18)20-5/h9-10,12H,6-8,11H2,1-5H3. The van der Waals surface area contributed by atoms with Gasteiger partial charge in [-0.1, -0.05) is 0 Å². The number of ether oxygens (including phenoxy) is 3. The fraction of sp³-hybridized carbons (Fsp3) is 0.588. The summed E-state index contributed by atoms with van der Waals surface area (Å²) >= 11 is 1.72. The Morgan fingerprint density at radius 2 is 1.91 bits per heavy atom. The third kappa shape index (κ3) is 7.07. The molecule has 0 bridgehead atoms. The van der Waals surface area contributed by atoms with Crippen LogP contribution in [-0.4, -0.2) is 31.5 Å². The molecular formula is C17H26O4S. The van der Waals surface area contributed by atoms with E-state index in [1.807, 2.05) is 39.0 Å². The lowest BCUT2D eigenvalue weighted by Gasteiger charge is -2.22. The highest BCUT2D eigenvalue weighted by Gasteiger charge is 2.13. The molecule has 0 aliphatic heterocycles. The fourth-order valence-electron chi connectivity index (χ4n) is 1.84. The van der Waals surface area contributed by atoms with Crippen molar-refractivity contribution in [1.82, 2.24) is 0 Å². The van der Waals surface area contributed by atoms with Crippen molar-refractivity contribution in [2.24, 2.45) is 0 Å². The summed E-state index contributed by atoms with van der Waals surface area (Å²) in [5.74, 6) is 2.41. The Balaban J connectivity index is 2.51. The van der Waals surface area contributed by atoms with E-state index in [4.69, 9.17) is 9.47 Å². The van der Waals surface area contributed by atoms with Crippen LogP contribution in [0, 0.1) is 0 Å². The minimum Gasteiger partial charge on any atom is -0.495 e. The van der Waals surface area contributed by atoms with E-state index >= 15 is 0 Å². The van der Waals surface area contributed by atoms with Gasteiger partial charge in [0.15, 0.2) is 0 Å². The van der Waals surface area contributed by atoms with Gasteiger partial charge in [0.2, 0.25) is 0 Å². The maximum absolute atomic E-state index is 11.0. The van der Waals surface area contributed by atoms with Gasteiger partial charge < -0.3 is 14.2 Å². The van der Waals surface area contributed by atoms with Crippen LogP contribution in [0.15, 0.2) is 23.1 Å². The zero-order valence-corrected chi connectivity index (χ0v) is 14.9. The number of esters is 1. The van der Waals surface area contributed by atoms with E-state index in [2.05, 4.69) is 4.74 Å². The van der Waals surface area contributed by atoms with Crippen molar-refractivity contribution in [3.05, 3.63) is 18.2 Å². The molecule has 0 N–H and O–H groups in total. The molecule has 0 saturated heterocycles. The van der Waals surface area contributed by atoms with E-state index < -0.39 is 0 Å². The molecule has 22 heavy (non-hydrogen) atoms. The number of hydrogen-bond donors (Lipinski definition) is 0. The van der Waals surface area contributed by atoms with Crippen molar-refractivity contribution in [2.45, 2.75) is 50.5 Å². The predicted octanol–water partition coefficient (Wildman–Crippen LogP) is 4.31. The Bertz CT molecular complexity index is 480. The summed E-state index contributed by atoms with van der Waals surface area (Å²) in [4.78, 5) is 12.1. The van der Waals surface area contributed by atoms with Crippen LogP contribution in [0.2, 0.25) is 0 Å². The van der Waals surface area contributed by atoms with Gasteiger partial charge in [-0.05, 0) is 51.5 Å². The molecule has 0 spiro atoms. The highest BCUT2D eigenvalue weighted by molar-refractivity contribution is 7.99. The Kier molecular flexibility index (Phi) is 7.59. The van der Waals surface area contributed by atoms with Crippen LogP contribution in [0.1, 0.15) is 40.0 Å². The number of carbonyl (C=O) groups excluding carboxylic acids is 1. The van der Waals surface area contributed by atoms with Crippen LogP contribution in [0.3, 0.4) is 0 Å². The molecule has 5 heteroatoms. The Labute approximate surface area is 137 Å². The average molecular weight is 326 g/mol. The highest BCUT2D eigenvalue weighted by Crippen LogP contribution is 2.34. The number of rotatable bonds is 8. The van der Waals surface area contributed by atoms with Crippen LogP contribution in [-0.2, 0) is 9.53 Å². The van der Waals surface area contributed by atoms with Gasteiger partial charge in [-0.25, -0.2) is 0 Å². The van der Waals surface area contributed by atoms with Crippen LogP contribution in [0.5, 0.6) is 11.5 Å². The number of hydrogen-bond acceptors (Lipinski definition) is 5. The van der Waals surface area contributed by atoms with Crippen LogP contribution < -0.4 is 9.47 Å². The first kappa shape index (κ1) is 18.7. The van der Waals surface area contributed by atoms with Gasteiger partial charge in [0.25, 0.3) is 0 Å². The average Bonchev–Trinajstić information content (AvgIpc) is 2.46. The molecule has 1 rings (SSSR count). The van der Waals surface area contributed by atoms with Gasteiger partial charge in [-0.15, -0.1) is 11.8 Å². The number of methoxy groups -OCH3 is 2. The summed E-state index contributed by atoms with van der Waals surface area (Å²) in [7, 11) is 3.08. The summed E-state index contributed by atoms with van der Waals surface area (Å²) in [6, 6.07) is 5.90. The molecule has 0 heterocycles. The van der Waals surface area contributed by atoms with Gasteiger partial charge >= 0.3 is 5.97 Å². The summed E-state index contributed by atoms with van der Waals surface area (Å²) in [5, 5.41) is 0. The number of carbonyl (C=O) groups is 1. The zero-order valence-electron chi connectivity index (χ0n) is 14.1. The summed E-state index contributed by atoms with van der Waals surface area (Å²) < 4.78 is 15.9. The third-order valence-corrected chi connectivity index (χ3v) is 3.96. The zero-order chi connectivity index (χ0) is 16.6. The van der Waals surface area contributed by atoms with Gasteiger partial charge in [0, 0.05) is 17.4 Å². The maximum Gasteiger partial charge on any atom is 0.305 e. The van der Waals surface area contributed by atoms with E-state index in [0.29, 0.717) is 6.42 Å². The van der Waals surface area contributed by atoms with Gasteiger partial charge in [-0.2, -0.15) is 0 Å². The van der Waals surface area contributed by atoms with Crippen molar-refractivity contribution in [2.75, 3.05) is 20.0 Å². The SMILES string of the molecule is COC(=O)CCCCSc1ccc(OC(C)(C)C)cc1OC. The molecule has 0 amide bonds. The molecular weight excluding hydrogens is 300 g/mol. The van der Waals surface area contributed by atoms with Gasteiger partial charge in [0.1, 0.15) is 17.1 Å². The maximum atomic E-state index is 11.0. The smallest absolute Gasteiger partial charge is 0.305 e. The minimum absolute atomic E-state index is 0.147. The van der Waals surface area contributed by atoms with E-state index in [1.54, 1.807) is 18.9 Å². The second-order valence-corrected chi connectivity index (χ2v) is 7.05. The Morgan fingerprint density at radius 3 is 2.50 bits per heavy atom. The summed E-state index contributed by atoms with van der Waals surface area (Å²) in [5.41, 5.74) is -0.229. The molecule has 0 unspecified atom stereocenters. The normalized spacial score (nSPS) is 11.1. The molecule has 0 aliphatic carbocycles. The number of benzene rings is 1. The van der Waals surface area contributed by atoms with Gasteiger partial charge in [0.05, 0.1) is 14.2 Å². The second-order valence-electron chi connectivity index (χ2n) is 5.91. The van der Waals surface area contributed by atoms with E-state index in [-0.39, 0.29) is 11.6 Å². The number of unbranched alkanes of at least 4 members (excludes halogenated alkanes) is 1. The third-order valence-electron chi connectivity index (χ3n) is 2.82. The quantitative estimate of drug-likeness (QED) is 0.405. The molecule has 0 radical (unpaired) electrons. The van der Waals surface area contributed by atoms with Crippen molar-refractivity contribution in [3.63, 3.8) is 0 Å².